The Morgan fingerprint density at radius 1 is 1.21 bits per heavy atom. The Morgan fingerprint density at radius 3 is 2.74 bits per heavy atom. The van der Waals surface area contributed by atoms with Crippen LogP contribution in [0.15, 0.2) is 29.2 Å². The summed E-state index contributed by atoms with van der Waals surface area (Å²) >= 11 is 7.91. The first-order chi connectivity index (χ1) is 9.26. The van der Waals surface area contributed by atoms with Gasteiger partial charge in [0, 0.05) is 21.7 Å². The maximum Gasteiger partial charge on any atom is 0.0417 e. The highest BCUT2D eigenvalue weighted by molar-refractivity contribution is 7.99. The van der Waals surface area contributed by atoms with E-state index in [0.717, 1.165) is 17.3 Å². The second-order valence-electron chi connectivity index (χ2n) is 4.87. The van der Waals surface area contributed by atoms with Crippen molar-refractivity contribution in [3.05, 3.63) is 29.3 Å². The molecular formula is C16H26ClNS. The highest BCUT2D eigenvalue weighted by Crippen LogP contribution is 2.23. The lowest BCUT2D eigenvalue weighted by molar-refractivity contribution is 0.500. The topological polar surface area (TPSA) is 12.0 Å². The zero-order valence-corrected chi connectivity index (χ0v) is 13.7. The van der Waals surface area contributed by atoms with Gasteiger partial charge in [-0.1, -0.05) is 57.2 Å². The van der Waals surface area contributed by atoms with Gasteiger partial charge < -0.3 is 5.32 Å². The molecule has 3 heteroatoms. The molecule has 0 saturated heterocycles. The van der Waals surface area contributed by atoms with Crippen molar-refractivity contribution in [3.8, 4) is 0 Å². The third-order valence-electron chi connectivity index (χ3n) is 3.15. The first kappa shape index (κ1) is 16.9. The monoisotopic (exact) mass is 299 g/mol. The fraction of sp³-hybridized carbons (Fsp3) is 0.625. The Balaban J connectivity index is 2.32. The van der Waals surface area contributed by atoms with Gasteiger partial charge in [0.2, 0.25) is 0 Å². The van der Waals surface area contributed by atoms with Crippen LogP contribution in [0.5, 0.6) is 0 Å². The minimum Gasteiger partial charge on any atom is -0.313 e. The number of thioether (sulfide) groups is 1. The van der Waals surface area contributed by atoms with E-state index in [4.69, 9.17) is 11.6 Å². The zero-order chi connectivity index (χ0) is 13.9. The zero-order valence-electron chi connectivity index (χ0n) is 12.1. The first-order valence-electron chi connectivity index (χ1n) is 7.38. The summed E-state index contributed by atoms with van der Waals surface area (Å²) in [5.74, 6) is 1.13. The van der Waals surface area contributed by atoms with E-state index in [1.807, 2.05) is 30.0 Å². The molecule has 108 valence electrons. The summed E-state index contributed by atoms with van der Waals surface area (Å²) in [7, 11) is 0. The summed E-state index contributed by atoms with van der Waals surface area (Å²) in [6, 6.07) is 8.75. The summed E-state index contributed by atoms with van der Waals surface area (Å²) in [6.07, 6.45) is 6.65. The first-order valence-corrected chi connectivity index (χ1v) is 8.74. The summed E-state index contributed by atoms with van der Waals surface area (Å²) in [4.78, 5) is 1.27. The van der Waals surface area contributed by atoms with Gasteiger partial charge in [-0.3, -0.25) is 0 Å². The van der Waals surface area contributed by atoms with Gasteiger partial charge in [-0.15, -0.1) is 11.8 Å². The number of unbranched alkanes of at least 4 members (excludes halogenated alkanes) is 3. The molecule has 1 unspecified atom stereocenters. The number of nitrogens with one attached hydrogen (secondary N) is 1. The van der Waals surface area contributed by atoms with Gasteiger partial charge in [-0.2, -0.15) is 0 Å². The highest BCUT2D eigenvalue weighted by atomic mass is 35.5. The van der Waals surface area contributed by atoms with Crippen LogP contribution < -0.4 is 5.32 Å². The smallest absolute Gasteiger partial charge is 0.0417 e. The van der Waals surface area contributed by atoms with Crippen LogP contribution in [0.25, 0.3) is 0 Å². The molecular weight excluding hydrogens is 274 g/mol. The van der Waals surface area contributed by atoms with Crippen LogP contribution >= 0.6 is 23.4 Å². The van der Waals surface area contributed by atoms with Gasteiger partial charge in [-0.25, -0.2) is 0 Å². The molecule has 1 N–H and O–H groups in total. The molecule has 1 aromatic rings. The molecule has 0 aliphatic heterocycles. The summed E-state index contributed by atoms with van der Waals surface area (Å²) in [6.45, 7) is 5.49. The minimum absolute atomic E-state index is 0.617. The SMILES string of the molecule is CCCCCCC(CSc1cccc(Cl)c1)NCC. The maximum absolute atomic E-state index is 6.01. The quantitative estimate of drug-likeness (QED) is 0.460. The second kappa shape index (κ2) is 10.6. The number of halogens is 1. The largest absolute Gasteiger partial charge is 0.313 e. The van der Waals surface area contributed by atoms with Crippen molar-refractivity contribution in [1.29, 1.82) is 0 Å². The second-order valence-corrected chi connectivity index (χ2v) is 6.40. The fourth-order valence-corrected chi connectivity index (χ4v) is 3.42. The van der Waals surface area contributed by atoms with E-state index in [0.29, 0.717) is 6.04 Å². The lowest BCUT2D eigenvalue weighted by Gasteiger charge is -2.17. The lowest BCUT2D eigenvalue weighted by atomic mass is 10.1. The standard InChI is InChI=1S/C16H26ClNS/c1-3-5-6-7-10-15(18-4-2)13-19-16-11-8-9-14(17)12-16/h8-9,11-12,15,18H,3-7,10,13H2,1-2H3. The normalized spacial score (nSPS) is 12.6. The molecule has 0 aliphatic carbocycles. The average Bonchev–Trinajstić information content (AvgIpc) is 2.41. The van der Waals surface area contributed by atoms with Crippen molar-refractivity contribution >= 4 is 23.4 Å². The molecule has 1 rings (SSSR count). The fourth-order valence-electron chi connectivity index (χ4n) is 2.10. The molecule has 0 radical (unpaired) electrons. The van der Waals surface area contributed by atoms with Crippen molar-refractivity contribution in [3.63, 3.8) is 0 Å². The molecule has 1 atom stereocenters. The van der Waals surface area contributed by atoms with Crippen molar-refractivity contribution in [2.75, 3.05) is 12.3 Å². The average molecular weight is 300 g/mol. The van der Waals surface area contributed by atoms with Crippen LogP contribution in [-0.4, -0.2) is 18.3 Å². The molecule has 0 aromatic heterocycles. The molecule has 0 aliphatic rings. The molecule has 0 bridgehead atoms. The minimum atomic E-state index is 0.617. The predicted octanol–water partition coefficient (Wildman–Crippen LogP) is 5.38. The van der Waals surface area contributed by atoms with Crippen molar-refractivity contribution in [1.82, 2.24) is 5.32 Å². The van der Waals surface area contributed by atoms with E-state index in [1.165, 1.54) is 37.0 Å². The van der Waals surface area contributed by atoms with E-state index in [-0.39, 0.29) is 0 Å². The highest BCUT2D eigenvalue weighted by Gasteiger charge is 2.07. The Bertz CT molecular complexity index is 343. The number of rotatable bonds is 10. The molecule has 0 amide bonds. The van der Waals surface area contributed by atoms with Crippen LogP contribution in [0.3, 0.4) is 0 Å². The number of benzene rings is 1. The van der Waals surface area contributed by atoms with Crippen LogP contribution in [-0.2, 0) is 0 Å². The number of hydrogen-bond acceptors (Lipinski definition) is 2. The third kappa shape index (κ3) is 7.86. The van der Waals surface area contributed by atoms with Crippen LogP contribution in [0.2, 0.25) is 5.02 Å². The molecule has 0 saturated carbocycles. The van der Waals surface area contributed by atoms with E-state index in [2.05, 4.69) is 25.2 Å². The Kier molecular flexibility index (Phi) is 9.40. The van der Waals surface area contributed by atoms with E-state index >= 15 is 0 Å². The summed E-state index contributed by atoms with van der Waals surface area (Å²) < 4.78 is 0. The number of hydrogen-bond donors (Lipinski definition) is 1. The summed E-state index contributed by atoms with van der Waals surface area (Å²) in [5, 5.41) is 4.42. The lowest BCUT2D eigenvalue weighted by Crippen LogP contribution is -2.31. The van der Waals surface area contributed by atoms with Gasteiger partial charge >= 0.3 is 0 Å². The van der Waals surface area contributed by atoms with Gasteiger partial charge in [-0.05, 0) is 31.2 Å². The van der Waals surface area contributed by atoms with Crippen LogP contribution in [0, 0.1) is 0 Å². The van der Waals surface area contributed by atoms with Crippen LogP contribution in [0.4, 0.5) is 0 Å². The maximum atomic E-state index is 6.01. The van der Waals surface area contributed by atoms with Crippen molar-refractivity contribution < 1.29 is 0 Å². The predicted molar refractivity (Wildman–Crippen MR) is 88.4 cm³/mol. The van der Waals surface area contributed by atoms with Gasteiger partial charge in [0.1, 0.15) is 0 Å². The summed E-state index contributed by atoms with van der Waals surface area (Å²) in [5.41, 5.74) is 0. The van der Waals surface area contributed by atoms with Gasteiger partial charge in [0.05, 0.1) is 0 Å². The molecule has 0 spiro atoms. The van der Waals surface area contributed by atoms with Gasteiger partial charge in [0.15, 0.2) is 0 Å². The molecule has 1 nitrogen and oxygen atoms in total. The molecule has 1 aromatic carbocycles. The van der Waals surface area contributed by atoms with E-state index < -0.39 is 0 Å². The Labute approximate surface area is 127 Å². The Morgan fingerprint density at radius 2 is 2.05 bits per heavy atom. The molecule has 19 heavy (non-hydrogen) atoms. The third-order valence-corrected chi connectivity index (χ3v) is 4.54. The molecule has 0 fully saturated rings. The Hall–Kier alpha value is -0.180. The van der Waals surface area contributed by atoms with Crippen LogP contribution in [0.1, 0.15) is 46.0 Å². The molecule has 0 heterocycles. The van der Waals surface area contributed by atoms with Gasteiger partial charge in [0.25, 0.3) is 0 Å². The van der Waals surface area contributed by atoms with Crippen molar-refractivity contribution in [2.24, 2.45) is 0 Å². The van der Waals surface area contributed by atoms with Crippen molar-refractivity contribution in [2.45, 2.75) is 56.9 Å². The van der Waals surface area contributed by atoms with E-state index in [1.54, 1.807) is 0 Å². The van der Waals surface area contributed by atoms with E-state index in [9.17, 15) is 0 Å².